The van der Waals surface area contributed by atoms with Gasteiger partial charge in [0.05, 0.1) is 11.1 Å². The van der Waals surface area contributed by atoms with Gasteiger partial charge in [-0.05, 0) is 42.8 Å². The summed E-state index contributed by atoms with van der Waals surface area (Å²) in [5.74, 6) is -0.0148. The number of fused-ring (bicyclic) bond motifs is 1. The van der Waals surface area contributed by atoms with Crippen LogP contribution >= 0.6 is 11.6 Å². The Labute approximate surface area is 135 Å². The molecule has 6 heteroatoms. The Morgan fingerprint density at radius 1 is 1.04 bits per heavy atom. The molecule has 2 nitrogen and oxygen atoms in total. The maximum Gasteiger partial charge on any atom is 0.418 e. The molecule has 1 heterocycles. The predicted octanol–water partition coefficient (Wildman–Crippen LogP) is 5.59. The highest BCUT2D eigenvalue weighted by molar-refractivity contribution is 6.33. The first-order valence-corrected chi connectivity index (χ1v) is 7.11. The minimum absolute atomic E-state index is 0.0148. The molecule has 3 aromatic rings. The van der Waals surface area contributed by atoms with E-state index in [4.69, 9.17) is 11.6 Å². The monoisotopic (exact) mass is 337 g/mol. The minimum atomic E-state index is -4.50. The van der Waals surface area contributed by atoms with Crippen molar-refractivity contribution < 1.29 is 18.3 Å². The molecule has 3 rings (SSSR count). The van der Waals surface area contributed by atoms with Crippen molar-refractivity contribution in [2.75, 3.05) is 0 Å². The number of halogens is 4. The Kier molecular flexibility index (Phi) is 3.68. The molecule has 1 aromatic heterocycles. The molecule has 0 radical (unpaired) electrons. The van der Waals surface area contributed by atoms with Gasteiger partial charge in [0.15, 0.2) is 0 Å². The van der Waals surface area contributed by atoms with E-state index in [2.05, 4.69) is 4.98 Å². The van der Waals surface area contributed by atoms with Crippen LogP contribution in [-0.4, -0.2) is 10.1 Å². The lowest BCUT2D eigenvalue weighted by atomic mass is 9.98. The summed E-state index contributed by atoms with van der Waals surface area (Å²) in [6.07, 6.45) is -4.50. The van der Waals surface area contributed by atoms with Gasteiger partial charge in [0, 0.05) is 21.7 Å². The van der Waals surface area contributed by atoms with Crippen LogP contribution in [0.25, 0.3) is 22.0 Å². The van der Waals surface area contributed by atoms with Gasteiger partial charge in [0.1, 0.15) is 5.75 Å². The number of para-hydroxylation sites is 1. The van der Waals surface area contributed by atoms with Crippen LogP contribution in [-0.2, 0) is 6.18 Å². The standard InChI is InChI=1S/C17H11ClF3NO/c1-9-7-12(13-8-10(23)5-6-15(13)18)11-3-2-4-14(16(11)22-9)17(19,20)21/h2-8,23H,1H3. The molecule has 0 aliphatic rings. The van der Waals surface area contributed by atoms with Crippen LogP contribution in [0.1, 0.15) is 11.3 Å². The normalized spacial score (nSPS) is 11.9. The largest absolute Gasteiger partial charge is 0.508 e. The molecule has 118 valence electrons. The molecule has 23 heavy (non-hydrogen) atoms. The zero-order valence-electron chi connectivity index (χ0n) is 11.9. The molecule has 0 aliphatic carbocycles. The lowest BCUT2D eigenvalue weighted by Crippen LogP contribution is -2.07. The van der Waals surface area contributed by atoms with E-state index in [0.717, 1.165) is 6.07 Å². The van der Waals surface area contributed by atoms with E-state index in [-0.39, 0.29) is 11.3 Å². The van der Waals surface area contributed by atoms with Crippen LogP contribution in [0.15, 0.2) is 42.5 Å². The lowest BCUT2D eigenvalue weighted by molar-refractivity contribution is -0.136. The highest BCUT2D eigenvalue weighted by Gasteiger charge is 2.33. The number of alkyl halides is 3. The van der Waals surface area contributed by atoms with Crippen molar-refractivity contribution in [2.24, 2.45) is 0 Å². The summed E-state index contributed by atoms with van der Waals surface area (Å²) in [7, 11) is 0. The molecule has 0 saturated carbocycles. The number of rotatable bonds is 1. The van der Waals surface area contributed by atoms with Gasteiger partial charge >= 0.3 is 6.18 Å². The Hall–Kier alpha value is -2.27. The number of hydrogen-bond acceptors (Lipinski definition) is 2. The molecule has 0 saturated heterocycles. The number of aromatic nitrogens is 1. The van der Waals surface area contributed by atoms with Crippen molar-refractivity contribution in [2.45, 2.75) is 13.1 Å². The minimum Gasteiger partial charge on any atom is -0.508 e. The van der Waals surface area contributed by atoms with Crippen LogP contribution in [0.4, 0.5) is 13.2 Å². The molecule has 0 aliphatic heterocycles. The van der Waals surface area contributed by atoms with Crippen molar-refractivity contribution in [1.82, 2.24) is 4.98 Å². The molecular formula is C17H11ClF3NO. The Balaban J connectivity index is 2.41. The second-order valence-corrected chi connectivity index (χ2v) is 5.58. The SMILES string of the molecule is Cc1cc(-c2cc(O)ccc2Cl)c2cccc(C(F)(F)F)c2n1. The van der Waals surface area contributed by atoms with Crippen LogP contribution in [0, 0.1) is 6.92 Å². The molecular weight excluding hydrogens is 327 g/mol. The number of phenolic OH excluding ortho intramolecular Hbond substituents is 1. The van der Waals surface area contributed by atoms with E-state index in [1.807, 2.05) is 0 Å². The summed E-state index contributed by atoms with van der Waals surface area (Å²) in [6, 6.07) is 9.91. The second-order valence-electron chi connectivity index (χ2n) is 5.17. The Morgan fingerprint density at radius 2 is 1.78 bits per heavy atom. The Bertz CT molecular complexity index is 906. The van der Waals surface area contributed by atoms with Gasteiger partial charge in [-0.25, -0.2) is 0 Å². The number of hydrogen-bond donors (Lipinski definition) is 1. The second kappa shape index (κ2) is 5.42. The third kappa shape index (κ3) is 2.84. The molecule has 0 atom stereocenters. The fraction of sp³-hybridized carbons (Fsp3) is 0.118. The van der Waals surface area contributed by atoms with Crippen molar-refractivity contribution in [3.05, 3.63) is 58.7 Å². The quantitative estimate of drug-likeness (QED) is 0.628. The summed E-state index contributed by atoms with van der Waals surface area (Å²) in [4.78, 5) is 4.05. The van der Waals surface area contributed by atoms with Crippen molar-refractivity contribution in [3.8, 4) is 16.9 Å². The molecule has 1 N–H and O–H groups in total. The predicted molar refractivity (Wildman–Crippen MR) is 83.6 cm³/mol. The van der Waals surface area contributed by atoms with E-state index in [9.17, 15) is 18.3 Å². The summed E-state index contributed by atoms with van der Waals surface area (Å²) < 4.78 is 39.7. The van der Waals surface area contributed by atoms with Crippen LogP contribution in [0.2, 0.25) is 5.02 Å². The zero-order chi connectivity index (χ0) is 16.8. The van der Waals surface area contributed by atoms with Crippen molar-refractivity contribution >= 4 is 22.5 Å². The lowest BCUT2D eigenvalue weighted by Gasteiger charge is -2.14. The average Bonchev–Trinajstić information content (AvgIpc) is 2.47. The highest BCUT2D eigenvalue weighted by atomic mass is 35.5. The molecule has 0 spiro atoms. The third-order valence-corrected chi connectivity index (χ3v) is 3.84. The molecule has 0 amide bonds. The van der Waals surface area contributed by atoms with Gasteiger partial charge in [0.25, 0.3) is 0 Å². The van der Waals surface area contributed by atoms with E-state index >= 15 is 0 Å². The third-order valence-electron chi connectivity index (χ3n) is 3.51. The van der Waals surface area contributed by atoms with Crippen LogP contribution in [0.5, 0.6) is 5.75 Å². The van der Waals surface area contributed by atoms with E-state index in [1.54, 1.807) is 19.1 Å². The van der Waals surface area contributed by atoms with Crippen molar-refractivity contribution in [1.29, 1.82) is 0 Å². The molecule has 0 bridgehead atoms. The average molecular weight is 338 g/mol. The molecule has 2 aromatic carbocycles. The van der Waals surface area contributed by atoms with Gasteiger partial charge in [-0.15, -0.1) is 0 Å². The van der Waals surface area contributed by atoms with E-state index in [1.165, 1.54) is 24.3 Å². The van der Waals surface area contributed by atoms with E-state index in [0.29, 0.717) is 27.2 Å². The number of phenols is 1. The van der Waals surface area contributed by atoms with Crippen LogP contribution in [0.3, 0.4) is 0 Å². The Morgan fingerprint density at radius 3 is 2.48 bits per heavy atom. The fourth-order valence-electron chi connectivity index (χ4n) is 2.55. The number of nitrogens with zero attached hydrogens (tertiary/aromatic N) is 1. The van der Waals surface area contributed by atoms with Crippen LogP contribution < -0.4 is 0 Å². The number of aryl methyl sites for hydroxylation is 1. The van der Waals surface area contributed by atoms with Gasteiger partial charge in [-0.3, -0.25) is 4.98 Å². The van der Waals surface area contributed by atoms with Crippen molar-refractivity contribution in [3.63, 3.8) is 0 Å². The topological polar surface area (TPSA) is 33.1 Å². The van der Waals surface area contributed by atoms with Gasteiger partial charge in [0.2, 0.25) is 0 Å². The van der Waals surface area contributed by atoms with Gasteiger partial charge < -0.3 is 5.11 Å². The van der Waals surface area contributed by atoms with Gasteiger partial charge in [-0.1, -0.05) is 23.7 Å². The molecule has 0 unspecified atom stereocenters. The summed E-state index contributed by atoms with van der Waals surface area (Å²) in [6.45, 7) is 1.62. The first kappa shape index (κ1) is 15.6. The van der Waals surface area contributed by atoms with E-state index < -0.39 is 11.7 Å². The maximum absolute atomic E-state index is 13.2. The first-order chi connectivity index (χ1) is 10.8. The van der Waals surface area contributed by atoms with Gasteiger partial charge in [-0.2, -0.15) is 13.2 Å². The number of pyridine rings is 1. The number of aromatic hydroxyl groups is 1. The zero-order valence-corrected chi connectivity index (χ0v) is 12.7. The number of benzene rings is 2. The summed E-state index contributed by atoms with van der Waals surface area (Å²) >= 11 is 6.16. The highest BCUT2D eigenvalue weighted by Crippen LogP contribution is 2.39. The fourth-order valence-corrected chi connectivity index (χ4v) is 2.77. The summed E-state index contributed by atoms with van der Waals surface area (Å²) in [5.41, 5.74) is 0.468. The molecule has 0 fully saturated rings. The smallest absolute Gasteiger partial charge is 0.418 e. The maximum atomic E-state index is 13.2. The first-order valence-electron chi connectivity index (χ1n) is 6.74. The summed E-state index contributed by atoms with van der Waals surface area (Å²) in [5, 5.41) is 10.3.